The van der Waals surface area contributed by atoms with Crippen molar-refractivity contribution in [1.82, 2.24) is 10.4 Å². The monoisotopic (exact) mass is 438 g/mol. The van der Waals surface area contributed by atoms with Crippen LogP contribution in [-0.2, 0) is 6.32 Å². The number of halogens is 1. The molecule has 0 spiro atoms. The molecule has 170 valence electrons. The molecule has 0 unspecified atom stereocenters. The Balaban J connectivity index is 2.52. The Morgan fingerprint density at radius 2 is 1.78 bits per heavy atom. The summed E-state index contributed by atoms with van der Waals surface area (Å²) in [4.78, 5) is 26.7. The largest absolute Gasteiger partial charge is 0.449 e. The zero-order valence-electron chi connectivity index (χ0n) is 20.2. The lowest BCUT2D eigenvalue weighted by molar-refractivity contribution is 0.0283. The third kappa shape index (κ3) is 5.60. The first kappa shape index (κ1) is 25.7. The lowest BCUT2D eigenvalue weighted by Crippen LogP contribution is -2.56. The van der Waals surface area contributed by atoms with E-state index in [9.17, 15) is 14.6 Å². The minimum Gasteiger partial charge on any atom is -0.449 e. The Morgan fingerprint density at radius 1 is 1.19 bits per heavy atom. The van der Waals surface area contributed by atoms with Gasteiger partial charge in [-0.25, -0.2) is 9.40 Å². The van der Waals surface area contributed by atoms with E-state index in [0.29, 0.717) is 29.3 Å². The second kappa shape index (κ2) is 10.3. The summed E-state index contributed by atoms with van der Waals surface area (Å²) in [5, 5.41) is 10.8. The Labute approximate surface area is 192 Å². The highest BCUT2D eigenvalue weighted by atomic mass is 19.1. The molecule has 0 aromatic heterocycles. The minimum absolute atomic E-state index is 0.152. The van der Waals surface area contributed by atoms with Gasteiger partial charge in [0.05, 0.1) is 11.6 Å². The third-order valence-corrected chi connectivity index (χ3v) is 5.72. The molecule has 32 heavy (non-hydrogen) atoms. The highest BCUT2D eigenvalue weighted by Gasteiger charge is 2.35. The van der Waals surface area contributed by atoms with Gasteiger partial charge in [-0.3, -0.25) is 15.0 Å². The fourth-order valence-corrected chi connectivity index (χ4v) is 4.23. The number of hydrogen-bond acceptors (Lipinski definition) is 3. The topological polar surface area (TPSA) is 69.6 Å². The van der Waals surface area contributed by atoms with Crippen LogP contribution in [0.5, 0.6) is 0 Å². The van der Waals surface area contributed by atoms with E-state index in [-0.39, 0.29) is 30.4 Å². The Bertz CT molecular complexity index is 985. The first-order chi connectivity index (χ1) is 14.9. The number of benzene rings is 2. The molecular formula is C24H33B2FN2O3. The van der Waals surface area contributed by atoms with Crippen LogP contribution in [0.15, 0.2) is 30.3 Å². The molecule has 0 aliphatic heterocycles. The molecule has 0 radical (unpaired) electrons. The van der Waals surface area contributed by atoms with Crippen LogP contribution in [0.2, 0.25) is 0 Å². The molecule has 0 bridgehead atoms. The third-order valence-electron chi connectivity index (χ3n) is 5.72. The van der Waals surface area contributed by atoms with Gasteiger partial charge in [-0.1, -0.05) is 57.3 Å². The molecular weight excluding hydrogens is 405 g/mol. The number of nitrogens with zero attached hydrogens (tertiary/aromatic N) is 1. The maximum atomic E-state index is 15.1. The van der Waals surface area contributed by atoms with E-state index in [1.807, 2.05) is 47.6 Å². The summed E-state index contributed by atoms with van der Waals surface area (Å²) in [6.45, 7) is 11.8. The van der Waals surface area contributed by atoms with Gasteiger partial charge >= 0.3 is 7.48 Å². The highest BCUT2D eigenvalue weighted by molar-refractivity contribution is 6.46. The van der Waals surface area contributed by atoms with Crippen molar-refractivity contribution in [3.63, 3.8) is 0 Å². The van der Waals surface area contributed by atoms with Crippen molar-refractivity contribution in [2.45, 2.75) is 60.3 Å². The fraction of sp³-hybridized carbons (Fsp3) is 0.417. The average molecular weight is 438 g/mol. The first-order valence-electron chi connectivity index (χ1n) is 11.1. The number of hydrazine groups is 1. The Morgan fingerprint density at radius 3 is 2.25 bits per heavy atom. The zero-order chi connectivity index (χ0) is 24.2. The summed E-state index contributed by atoms with van der Waals surface area (Å²) in [6, 6.07) is 8.14. The number of carbonyl (C=O) groups excluding carboxylic acids is 2. The Hall–Kier alpha value is -2.60. The number of carbonyl (C=O) groups is 2. The van der Waals surface area contributed by atoms with E-state index in [0.717, 1.165) is 11.1 Å². The maximum absolute atomic E-state index is 15.1. The van der Waals surface area contributed by atoms with Crippen LogP contribution >= 0.6 is 0 Å². The molecule has 2 rings (SSSR count). The van der Waals surface area contributed by atoms with E-state index < -0.39 is 11.7 Å². The van der Waals surface area contributed by atoms with Gasteiger partial charge in [0, 0.05) is 5.56 Å². The van der Waals surface area contributed by atoms with Crippen molar-refractivity contribution in [1.29, 1.82) is 0 Å². The highest BCUT2D eigenvalue weighted by Crippen LogP contribution is 2.28. The predicted molar refractivity (Wildman–Crippen MR) is 131 cm³/mol. The van der Waals surface area contributed by atoms with Gasteiger partial charge in [0.2, 0.25) is 0 Å². The van der Waals surface area contributed by atoms with Crippen LogP contribution in [0.1, 0.15) is 71.5 Å². The molecule has 2 aromatic rings. The minimum atomic E-state index is -0.692. The quantitative estimate of drug-likeness (QED) is 0.537. The standard InChI is InChI=1S/C24H33B2FN2O3/c1-7-20(24(4,5)6)29(23(31)16-11-14(2)10-15(3)12-16)28-22(30)17-8-9-19(26-32)18(13-25)21(17)27/h8-12,20,26,32H,7,13,25H2,1-6H3,(H,28,30)/t20-/m1/s1. The molecule has 2 amide bonds. The van der Waals surface area contributed by atoms with Gasteiger partial charge in [-0.05, 0) is 54.9 Å². The number of amides is 2. The summed E-state index contributed by atoms with van der Waals surface area (Å²) in [5.41, 5.74) is 5.33. The second-order valence-corrected chi connectivity index (χ2v) is 9.36. The maximum Gasteiger partial charge on any atom is 0.305 e. The fourth-order valence-electron chi connectivity index (χ4n) is 4.23. The van der Waals surface area contributed by atoms with E-state index >= 15 is 4.39 Å². The molecule has 2 aromatic carbocycles. The van der Waals surface area contributed by atoms with E-state index in [1.54, 1.807) is 26.0 Å². The lowest BCUT2D eigenvalue weighted by atomic mass is 9.78. The molecule has 2 N–H and O–H groups in total. The molecule has 0 aliphatic carbocycles. The molecule has 8 heteroatoms. The molecule has 0 saturated carbocycles. The summed E-state index contributed by atoms with van der Waals surface area (Å²) >= 11 is 0. The molecule has 1 atom stereocenters. The number of hydrogen-bond donors (Lipinski definition) is 2. The summed E-state index contributed by atoms with van der Waals surface area (Å²) in [5.74, 6) is -1.70. The van der Waals surface area contributed by atoms with Crippen molar-refractivity contribution < 1.29 is 19.0 Å². The summed E-state index contributed by atoms with van der Waals surface area (Å²) in [7, 11) is 1.46. The van der Waals surface area contributed by atoms with Crippen molar-refractivity contribution in [2.24, 2.45) is 5.41 Å². The van der Waals surface area contributed by atoms with E-state index in [2.05, 4.69) is 5.43 Å². The van der Waals surface area contributed by atoms with E-state index in [4.69, 9.17) is 0 Å². The van der Waals surface area contributed by atoms with Crippen molar-refractivity contribution in [2.75, 3.05) is 0 Å². The average Bonchev–Trinajstić information content (AvgIpc) is 2.70. The normalized spacial score (nSPS) is 12.2. The molecule has 0 heterocycles. The van der Waals surface area contributed by atoms with Crippen molar-refractivity contribution in [3.05, 3.63) is 64.0 Å². The molecule has 5 nitrogen and oxygen atoms in total. The molecule has 0 aliphatic rings. The van der Waals surface area contributed by atoms with Crippen LogP contribution in [0.25, 0.3) is 0 Å². The summed E-state index contributed by atoms with van der Waals surface area (Å²) in [6.07, 6.45) is 0.945. The van der Waals surface area contributed by atoms with Gasteiger partial charge in [-0.15, -0.1) is 0 Å². The first-order valence-corrected chi connectivity index (χ1v) is 11.1. The van der Waals surface area contributed by atoms with Crippen LogP contribution in [0, 0.1) is 25.1 Å². The second-order valence-electron chi connectivity index (χ2n) is 9.36. The van der Waals surface area contributed by atoms with Crippen molar-refractivity contribution >= 4 is 32.6 Å². The van der Waals surface area contributed by atoms with Gasteiger partial charge < -0.3 is 5.02 Å². The molecule has 0 fully saturated rings. The van der Waals surface area contributed by atoms with E-state index in [1.165, 1.54) is 11.1 Å². The SMILES string of the molecule is BCc1c(BO)ccc(C(=O)NN(C(=O)c2cc(C)cc(C)c2)[C@H](CC)C(C)(C)C)c1F. The van der Waals surface area contributed by atoms with Crippen LogP contribution in [0.3, 0.4) is 0 Å². The van der Waals surface area contributed by atoms with Gasteiger partial charge in [-0.2, -0.15) is 0 Å². The number of rotatable bonds is 6. The smallest absolute Gasteiger partial charge is 0.305 e. The lowest BCUT2D eigenvalue weighted by Gasteiger charge is -2.39. The summed E-state index contributed by atoms with van der Waals surface area (Å²) < 4.78 is 15.1. The molecule has 0 saturated heterocycles. The van der Waals surface area contributed by atoms with Crippen LogP contribution in [-0.4, -0.2) is 43.2 Å². The van der Waals surface area contributed by atoms with Gasteiger partial charge in [0.15, 0.2) is 0 Å². The number of nitrogens with one attached hydrogen (secondary N) is 1. The van der Waals surface area contributed by atoms with Gasteiger partial charge in [0.1, 0.15) is 13.7 Å². The zero-order valence-corrected chi connectivity index (χ0v) is 20.2. The predicted octanol–water partition coefficient (Wildman–Crippen LogP) is 2.16. The Kier molecular flexibility index (Phi) is 8.29. The van der Waals surface area contributed by atoms with Crippen LogP contribution < -0.4 is 10.9 Å². The number of aryl methyl sites for hydroxylation is 2. The van der Waals surface area contributed by atoms with Gasteiger partial charge in [0.25, 0.3) is 11.8 Å². The van der Waals surface area contributed by atoms with Crippen LogP contribution in [0.4, 0.5) is 4.39 Å². The van der Waals surface area contributed by atoms with Crippen molar-refractivity contribution in [3.8, 4) is 0 Å².